The molecule has 6 fully saturated rings. The zero-order valence-electron chi connectivity index (χ0n) is 47.7. The maximum Gasteiger partial charge on any atom is 0.411 e. The zero-order valence-corrected chi connectivity index (χ0v) is 47.7. The van der Waals surface area contributed by atoms with Crippen molar-refractivity contribution in [2.45, 2.75) is 165 Å². The van der Waals surface area contributed by atoms with Gasteiger partial charge in [-0.3, -0.25) is 24.1 Å². The summed E-state index contributed by atoms with van der Waals surface area (Å²) >= 11 is 0. The van der Waals surface area contributed by atoms with Gasteiger partial charge in [0.25, 0.3) is 11.8 Å². The van der Waals surface area contributed by atoms with Crippen LogP contribution in [0, 0.1) is 0 Å². The van der Waals surface area contributed by atoms with Crippen LogP contribution in [0.15, 0.2) is 61.2 Å². The predicted molar refractivity (Wildman–Crippen MR) is 309 cm³/mol. The van der Waals surface area contributed by atoms with Crippen LogP contribution in [0.5, 0.6) is 0 Å². The maximum atomic E-state index is 13.4. The van der Waals surface area contributed by atoms with Crippen LogP contribution < -0.4 is 25.8 Å². The summed E-state index contributed by atoms with van der Waals surface area (Å²) in [7, 11) is 7.10. The van der Waals surface area contributed by atoms with Crippen molar-refractivity contribution in [3.05, 3.63) is 72.6 Å². The molecule has 4 unspecified atom stereocenters. The molecule has 3 N–H and O–H groups in total. The Hall–Kier alpha value is -7.75. The molecule has 5 amide bonds. The van der Waals surface area contributed by atoms with Crippen molar-refractivity contribution in [2.75, 3.05) is 61.7 Å². The molecule has 12 rings (SSSR count). The first-order valence-electron chi connectivity index (χ1n) is 29.0. The Morgan fingerprint density at radius 3 is 1.53 bits per heavy atom. The highest BCUT2D eigenvalue weighted by molar-refractivity contribution is 6.02. The lowest BCUT2D eigenvalue weighted by Crippen LogP contribution is -2.59. The Bertz CT molecular complexity index is 3300. The van der Waals surface area contributed by atoms with Crippen molar-refractivity contribution in [3.8, 4) is 0 Å². The molecule has 22 nitrogen and oxygen atoms in total. The van der Waals surface area contributed by atoms with E-state index in [0.717, 1.165) is 98.4 Å². The Balaban J connectivity index is 0.000000173. The van der Waals surface area contributed by atoms with Crippen molar-refractivity contribution in [3.63, 3.8) is 0 Å². The first-order chi connectivity index (χ1) is 39.0. The zero-order chi connectivity index (χ0) is 56.7. The molecule has 2 aliphatic carbocycles. The molecule has 4 saturated heterocycles. The van der Waals surface area contributed by atoms with Crippen LogP contribution in [0.1, 0.15) is 157 Å². The number of rotatable bonds is 10. The molecular formula is C59H76N16O6. The fourth-order valence-electron chi connectivity index (χ4n) is 12.7. The van der Waals surface area contributed by atoms with Crippen LogP contribution in [0.2, 0.25) is 0 Å². The normalized spacial score (nSPS) is 21.6. The largest absolute Gasteiger partial charge is 0.444 e. The molecule has 4 bridgehead atoms. The minimum Gasteiger partial charge on any atom is -0.444 e. The van der Waals surface area contributed by atoms with Crippen LogP contribution in [0.3, 0.4) is 0 Å². The molecule has 0 aromatic carbocycles. The molecule has 81 heavy (non-hydrogen) atoms. The number of carbonyl (C=O) groups is 5. The number of fused-ring (bicyclic) bond motifs is 6. The maximum absolute atomic E-state index is 13.4. The second-order valence-electron chi connectivity index (χ2n) is 24.0. The average molecular weight is 1110 g/mol. The molecule has 10 heterocycles. The highest BCUT2D eigenvalue weighted by Gasteiger charge is 2.50. The summed E-state index contributed by atoms with van der Waals surface area (Å²) in [6, 6.07) is 11.3. The van der Waals surface area contributed by atoms with E-state index in [0.29, 0.717) is 66.2 Å². The van der Waals surface area contributed by atoms with Gasteiger partial charge in [0.1, 0.15) is 46.0 Å². The summed E-state index contributed by atoms with van der Waals surface area (Å²) in [6.07, 6.45) is 23.3. The van der Waals surface area contributed by atoms with E-state index in [2.05, 4.69) is 45.0 Å². The van der Waals surface area contributed by atoms with Crippen molar-refractivity contribution in [1.82, 2.24) is 59.1 Å². The second kappa shape index (κ2) is 23.0. The number of aromatic nitrogens is 8. The van der Waals surface area contributed by atoms with Crippen molar-refractivity contribution in [2.24, 2.45) is 0 Å². The van der Waals surface area contributed by atoms with E-state index in [9.17, 15) is 24.0 Å². The first-order valence-corrected chi connectivity index (χ1v) is 29.0. The number of piperazine rings is 2. The lowest BCUT2D eigenvalue weighted by atomic mass is 10.1. The number of hydrogen-bond donors (Lipinski definition) is 3. The Kier molecular flexibility index (Phi) is 15.7. The topological polar surface area (TPSA) is 234 Å². The first kappa shape index (κ1) is 55.2. The van der Waals surface area contributed by atoms with Crippen LogP contribution >= 0.6 is 0 Å². The number of ether oxygens (including phenoxy) is 1. The van der Waals surface area contributed by atoms with Gasteiger partial charge in [0.2, 0.25) is 23.7 Å². The summed E-state index contributed by atoms with van der Waals surface area (Å²) in [6.45, 7) is 6.56. The molecule has 4 aliphatic heterocycles. The molecule has 0 radical (unpaired) electrons. The summed E-state index contributed by atoms with van der Waals surface area (Å²) < 4.78 is 9.83. The van der Waals surface area contributed by atoms with Gasteiger partial charge in [-0.2, -0.15) is 9.97 Å². The van der Waals surface area contributed by atoms with Gasteiger partial charge < -0.3 is 49.4 Å². The highest BCUT2D eigenvalue weighted by atomic mass is 16.6. The monoisotopic (exact) mass is 1100 g/mol. The summed E-state index contributed by atoms with van der Waals surface area (Å²) in [5, 5.41) is 11.5. The Morgan fingerprint density at radius 2 is 1.07 bits per heavy atom. The van der Waals surface area contributed by atoms with Gasteiger partial charge in [0.15, 0.2) is 0 Å². The Morgan fingerprint density at radius 1 is 0.580 bits per heavy atom. The van der Waals surface area contributed by atoms with Crippen molar-refractivity contribution < 1.29 is 28.7 Å². The van der Waals surface area contributed by atoms with E-state index in [1.54, 1.807) is 78.6 Å². The predicted octanol–water partition coefficient (Wildman–Crippen LogP) is 8.92. The molecular weight excluding hydrogens is 1030 g/mol. The van der Waals surface area contributed by atoms with E-state index in [1.807, 2.05) is 56.0 Å². The minimum absolute atomic E-state index is 0.0232. The fourth-order valence-corrected chi connectivity index (χ4v) is 12.7. The van der Waals surface area contributed by atoms with Gasteiger partial charge >= 0.3 is 6.09 Å². The highest BCUT2D eigenvalue weighted by Crippen LogP contribution is 2.38. The molecule has 22 heteroatoms. The standard InChI is InChI=1S/C32H42N8O4.C27H34N8O2/c1-32(2,3)44-31(43)40-23-12-14-24(40)29(42)38(19-23)22-13-15-26(33-18-22)35-30-34-17-20-16-25(28(41)37(4)5)39(27(20)36-30)21-10-8-6-7-9-11-21;1-33(2)26(37)22-13-17-14-29-27(32-24(17)35(22)19-7-5-3-4-6-8-19)31-23-12-10-20(15-28-23)34-16-18-9-11-21(30-18)25(34)36/h13,15-18,21,23-24H,6-12,14,19H2,1-5H3,(H,33,34,35,36);10,12-15,18-19,21,30H,3-9,11,16H2,1-2H3,(H,28,29,31,32). The molecule has 6 aromatic heterocycles. The summed E-state index contributed by atoms with van der Waals surface area (Å²) in [5.41, 5.74) is 3.66. The van der Waals surface area contributed by atoms with Crippen LogP contribution in [0.25, 0.3) is 22.1 Å². The van der Waals surface area contributed by atoms with Gasteiger partial charge in [-0.25, -0.2) is 24.7 Å². The van der Waals surface area contributed by atoms with Gasteiger partial charge in [-0.1, -0.05) is 51.4 Å². The van der Waals surface area contributed by atoms with Gasteiger partial charge in [0, 0.05) is 82.6 Å². The Labute approximate surface area is 472 Å². The molecule has 6 aromatic rings. The van der Waals surface area contributed by atoms with Crippen molar-refractivity contribution in [1.29, 1.82) is 0 Å². The molecule has 0 spiro atoms. The van der Waals surface area contributed by atoms with E-state index in [-0.39, 0.29) is 47.8 Å². The molecule has 428 valence electrons. The van der Waals surface area contributed by atoms with E-state index in [1.165, 1.54) is 25.7 Å². The van der Waals surface area contributed by atoms with E-state index < -0.39 is 17.7 Å². The third-order valence-electron chi connectivity index (χ3n) is 16.6. The minimum atomic E-state index is -0.623. The van der Waals surface area contributed by atoms with E-state index >= 15 is 0 Å². The lowest BCUT2D eigenvalue weighted by Gasteiger charge is -2.40. The van der Waals surface area contributed by atoms with Crippen molar-refractivity contribution >= 4 is 86.7 Å². The smallest absolute Gasteiger partial charge is 0.411 e. The summed E-state index contributed by atoms with van der Waals surface area (Å²) in [5.74, 6) is 1.88. The number of carbonyl (C=O) groups excluding carboxylic acids is 5. The van der Waals surface area contributed by atoms with Crippen LogP contribution in [0.4, 0.5) is 39.7 Å². The van der Waals surface area contributed by atoms with Gasteiger partial charge in [-0.15, -0.1) is 0 Å². The molecule has 2 saturated carbocycles. The number of nitrogens with one attached hydrogen (secondary N) is 3. The van der Waals surface area contributed by atoms with Gasteiger partial charge in [0.05, 0.1) is 35.9 Å². The SMILES string of the molecule is CN(C)C(=O)c1cc2cnc(Nc3ccc(N4CC5CCC(C4=O)N5C(=O)OC(C)(C)C)cn3)nc2n1C1CCCCCC1.CN(C)C(=O)c1cc2cnc(Nc3ccc(N4CC5CCC(N5)C4=O)cn3)nc2n1C1CCCCCC1. The summed E-state index contributed by atoms with van der Waals surface area (Å²) in [4.78, 5) is 101. The number of anilines is 6. The second-order valence-corrected chi connectivity index (χ2v) is 24.0. The molecule has 6 aliphatic rings. The molecule has 4 atom stereocenters. The van der Waals surface area contributed by atoms with Crippen LogP contribution in [-0.2, 0) is 14.3 Å². The number of amides is 5. The van der Waals surface area contributed by atoms with Crippen LogP contribution in [-0.4, -0.2) is 155 Å². The number of nitrogens with zero attached hydrogens (tertiary/aromatic N) is 13. The number of hydrogen-bond acceptors (Lipinski definition) is 15. The van der Waals surface area contributed by atoms with Gasteiger partial charge in [-0.05, 0) is 109 Å². The quantitative estimate of drug-likeness (QED) is 0.109. The van der Waals surface area contributed by atoms with E-state index in [4.69, 9.17) is 14.7 Å². The third kappa shape index (κ3) is 11.6. The average Bonchev–Trinajstić information content (AvgIpc) is 4.30. The number of pyridine rings is 2. The fraction of sp³-hybridized carbons (Fsp3) is 0.542. The lowest BCUT2D eigenvalue weighted by molar-refractivity contribution is -0.125. The third-order valence-corrected chi connectivity index (χ3v) is 16.6.